The second-order valence-corrected chi connectivity index (χ2v) is 8.04. The fraction of sp³-hybridized carbons (Fsp3) is 0.409. The third kappa shape index (κ3) is 5.23. The first-order chi connectivity index (χ1) is 13.3. The minimum Gasteiger partial charge on any atom is -0.369 e. The minimum absolute atomic E-state index is 0.248. The van der Waals surface area contributed by atoms with E-state index in [0.717, 1.165) is 37.4 Å². The summed E-state index contributed by atoms with van der Waals surface area (Å²) in [7, 11) is 2.14. The number of carbonyl (C=O) groups is 1. The van der Waals surface area contributed by atoms with Crippen LogP contribution >= 0.6 is 0 Å². The molecule has 0 saturated carbocycles. The predicted molar refractivity (Wildman–Crippen MR) is 113 cm³/mol. The summed E-state index contributed by atoms with van der Waals surface area (Å²) < 4.78 is 13.1. The molecular formula is C22H29FN4O. The lowest BCUT2D eigenvalue weighted by molar-refractivity contribution is 0.249. The van der Waals surface area contributed by atoms with Crippen molar-refractivity contribution < 1.29 is 9.18 Å². The van der Waals surface area contributed by atoms with Gasteiger partial charge in [0.25, 0.3) is 0 Å². The molecule has 150 valence electrons. The molecule has 0 bridgehead atoms. The highest BCUT2D eigenvalue weighted by Gasteiger charge is 2.21. The third-order valence-corrected chi connectivity index (χ3v) is 5.31. The first kappa shape index (κ1) is 20.1. The van der Waals surface area contributed by atoms with E-state index in [2.05, 4.69) is 27.5 Å². The van der Waals surface area contributed by atoms with E-state index in [1.165, 1.54) is 17.8 Å². The van der Waals surface area contributed by atoms with Crippen LogP contribution in [0.4, 0.5) is 20.6 Å². The van der Waals surface area contributed by atoms with Crippen LogP contribution in [0.5, 0.6) is 0 Å². The van der Waals surface area contributed by atoms with Crippen LogP contribution in [-0.4, -0.2) is 50.7 Å². The summed E-state index contributed by atoms with van der Waals surface area (Å²) in [5.41, 5.74) is 2.62. The molecule has 6 heteroatoms. The second kappa shape index (κ2) is 8.61. The molecule has 0 aliphatic carbocycles. The van der Waals surface area contributed by atoms with Crippen LogP contribution in [0, 0.1) is 5.82 Å². The number of amides is 2. The number of carbonyl (C=O) groups excluding carboxylic acids is 1. The molecule has 2 aromatic carbocycles. The fourth-order valence-electron chi connectivity index (χ4n) is 3.30. The highest BCUT2D eigenvalue weighted by atomic mass is 19.1. The van der Waals surface area contributed by atoms with Crippen molar-refractivity contribution in [2.45, 2.75) is 19.3 Å². The largest absolute Gasteiger partial charge is 0.369 e. The number of nitrogens with one attached hydrogen (secondary N) is 2. The summed E-state index contributed by atoms with van der Waals surface area (Å²) in [5.74, 6) is -0.259. The molecule has 28 heavy (non-hydrogen) atoms. The molecule has 1 aliphatic rings. The number of hydrogen-bond acceptors (Lipinski definition) is 3. The van der Waals surface area contributed by atoms with Gasteiger partial charge in [0.1, 0.15) is 5.82 Å². The second-order valence-electron chi connectivity index (χ2n) is 8.04. The maximum Gasteiger partial charge on any atom is 0.319 e. The van der Waals surface area contributed by atoms with Crippen LogP contribution in [0.25, 0.3) is 0 Å². The molecule has 1 heterocycles. The number of hydrogen-bond donors (Lipinski definition) is 2. The summed E-state index contributed by atoms with van der Waals surface area (Å²) in [4.78, 5) is 16.9. The topological polar surface area (TPSA) is 47.6 Å². The van der Waals surface area contributed by atoms with Crippen molar-refractivity contribution in [1.29, 1.82) is 0 Å². The number of piperazine rings is 1. The van der Waals surface area contributed by atoms with E-state index in [1.54, 1.807) is 12.1 Å². The maximum absolute atomic E-state index is 13.1. The van der Waals surface area contributed by atoms with Crippen molar-refractivity contribution >= 4 is 17.4 Å². The van der Waals surface area contributed by atoms with Crippen LogP contribution in [0.2, 0.25) is 0 Å². The van der Waals surface area contributed by atoms with Crippen molar-refractivity contribution in [3.05, 3.63) is 59.9 Å². The Morgan fingerprint density at radius 2 is 1.61 bits per heavy atom. The van der Waals surface area contributed by atoms with Gasteiger partial charge in [-0.05, 0) is 49.0 Å². The van der Waals surface area contributed by atoms with Crippen molar-refractivity contribution in [2.75, 3.05) is 50.0 Å². The molecule has 2 amide bonds. The summed E-state index contributed by atoms with van der Waals surface area (Å²) >= 11 is 0. The van der Waals surface area contributed by atoms with Gasteiger partial charge < -0.3 is 20.4 Å². The number of likely N-dealkylation sites (N-methyl/N-ethyl adjacent to an activating group) is 1. The molecule has 0 unspecified atom stereocenters. The van der Waals surface area contributed by atoms with Crippen LogP contribution in [-0.2, 0) is 5.41 Å². The average Bonchev–Trinajstić information content (AvgIpc) is 2.68. The Balaban J connectivity index is 1.51. The molecule has 0 atom stereocenters. The van der Waals surface area contributed by atoms with Gasteiger partial charge in [-0.3, -0.25) is 0 Å². The van der Waals surface area contributed by atoms with E-state index < -0.39 is 0 Å². The van der Waals surface area contributed by atoms with Gasteiger partial charge in [-0.25, -0.2) is 9.18 Å². The minimum atomic E-state index is -0.295. The highest BCUT2D eigenvalue weighted by Crippen LogP contribution is 2.23. The lowest BCUT2D eigenvalue weighted by Gasteiger charge is -2.34. The molecule has 0 aromatic heterocycles. The number of nitrogens with zero attached hydrogens (tertiary/aromatic N) is 2. The average molecular weight is 384 g/mol. The monoisotopic (exact) mass is 384 g/mol. The summed E-state index contributed by atoms with van der Waals surface area (Å²) in [6.07, 6.45) is 0. The number of urea groups is 1. The molecule has 0 radical (unpaired) electrons. The van der Waals surface area contributed by atoms with Gasteiger partial charge in [-0.2, -0.15) is 0 Å². The SMILES string of the molecule is CN1CCN(c2ccc(NC(=O)NCC(C)(C)c3ccc(F)cc3)cc2)CC1. The fourth-order valence-corrected chi connectivity index (χ4v) is 3.30. The lowest BCUT2D eigenvalue weighted by Crippen LogP contribution is -2.44. The molecule has 1 saturated heterocycles. The zero-order valence-electron chi connectivity index (χ0n) is 16.8. The van der Waals surface area contributed by atoms with E-state index in [9.17, 15) is 9.18 Å². The molecule has 5 nitrogen and oxygen atoms in total. The van der Waals surface area contributed by atoms with Crippen molar-refractivity contribution in [3.63, 3.8) is 0 Å². The van der Waals surface area contributed by atoms with Crippen LogP contribution in [0.3, 0.4) is 0 Å². The molecule has 2 aromatic rings. The van der Waals surface area contributed by atoms with Gasteiger partial charge in [0, 0.05) is 49.5 Å². The van der Waals surface area contributed by atoms with Gasteiger partial charge >= 0.3 is 6.03 Å². The zero-order chi connectivity index (χ0) is 20.1. The van der Waals surface area contributed by atoms with Gasteiger partial charge in [0.2, 0.25) is 0 Å². The molecular weight excluding hydrogens is 355 g/mol. The summed E-state index contributed by atoms with van der Waals surface area (Å²) in [5, 5.41) is 5.78. The van der Waals surface area contributed by atoms with Gasteiger partial charge in [0.05, 0.1) is 0 Å². The standard InChI is InChI=1S/C22H29FN4O/c1-22(2,17-4-6-18(23)7-5-17)16-24-21(28)25-19-8-10-20(11-9-19)27-14-12-26(3)13-15-27/h4-11H,12-16H2,1-3H3,(H2,24,25,28). The molecule has 1 aliphatic heterocycles. The Labute approximate surface area is 166 Å². The number of halogens is 1. The Kier molecular flexibility index (Phi) is 6.19. The van der Waals surface area contributed by atoms with Crippen LogP contribution in [0.15, 0.2) is 48.5 Å². The number of benzene rings is 2. The number of anilines is 2. The highest BCUT2D eigenvalue weighted by molar-refractivity contribution is 5.89. The van der Waals surface area contributed by atoms with Gasteiger partial charge in [-0.1, -0.05) is 26.0 Å². The summed E-state index contributed by atoms with van der Waals surface area (Å²) in [6.45, 7) is 8.64. The van der Waals surface area contributed by atoms with Crippen LogP contribution < -0.4 is 15.5 Å². The molecule has 3 rings (SSSR count). The first-order valence-electron chi connectivity index (χ1n) is 9.68. The Morgan fingerprint density at radius 3 is 2.21 bits per heavy atom. The normalized spacial score (nSPS) is 15.4. The quantitative estimate of drug-likeness (QED) is 0.827. The van der Waals surface area contributed by atoms with Crippen LogP contribution in [0.1, 0.15) is 19.4 Å². The van der Waals surface area contributed by atoms with E-state index in [0.29, 0.717) is 6.54 Å². The molecule has 0 spiro atoms. The number of rotatable bonds is 5. The smallest absolute Gasteiger partial charge is 0.319 e. The Bertz CT molecular complexity index is 781. The van der Waals surface area contributed by atoms with Gasteiger partial charge in [0.15, 0.2) is 0 Å². The van der Waals surface area contributed by atoms with E-state index in [1.807, 2.05) is 38.1 Å². The molecule has 1 fully saturated rings. The molecule has 2 N–H and O–H groups in total. The van der Waals surface area contributed by atoms with E-state index in [-0.39, 0.29) is 17.3 Å². The third-order valence-electron chi connectivity index (χ3n) is 5.31. The lowest BCUT2D eigenvalue weighted by atomic mass is 9.84. The van der Waals surface area contributed by atoms with Crippen molar-refractivity contribution in [1.82, 2.24) is 10.2 Å². The Morgan fingerprint density at radius 1 is 1.00 bits per heavy atom. The predicted octanol–water partition coefficient (Wildman–Crippen LogP) is 3.68. The summed E-state index contributed by atoms with van der Waals surface area (Å²) in [6, 6.07) is 14.1. The first-order valence-corrected chi connectivity index (χ1v) is 9.68. The van der Waals surface area contributed by atoms with E-state index >= 15 is 0 Å². The van der Waals surface area contributed by atoms with Crippen molar-refractivity contribution in [3.8, 4) is 0 Å². The maximum atomic E-state index is 13.1. The van der Waals surface area contributed by atoms with Crippen molar-refractivity contribution in [2.24, 2.45) is 0 Å². The zero-order valence-corrected chi connectivity index (χ0v) is 16.8. The van der Waals surface area contributed by atoms with E-state index in [4.69, 9.17) is 0 Å². The van der Waals surface area contributed by atoms with Gasteiger partial charge in [-0.15, -0.1) is 0 Å². The Hall–Kier alpha value is -2.60.